The number of aliphatic hydroxyl groups excluding tert-OH is 2. The third kappa shape index (κ3) is 3.34. The first-order chi connectivity index (χ1) is 11.2. The highest BCUT2D eigenvalue weighted by Crippen LogP contribution is 2.37. The Morgan fingerprint density at radius 1 is 1.42 bits per heavy atom. The summed E-state index contributed by atoms with van der Waals surface area (Å²) in [6.07, 6.45) is -5.16. The van der Waals surface area contributed by atoms with Crippen LogP contribution in [0, 0.1) is 0 Å². The second kappa shape index (κ2) is 6.35. The summed E-state index contributed by atoms with van der Waals surface area (Å²) in [5.74, 6) is -0.316. The number of nitrogens with one attached hydrogen (secondary N) is 1. The Hall–Kier alpha value is -1.05. The topological polar surface area (TPSA) is 174 Å². The first-order valence-electron chi connectivity index (χ1n) is 6.77. The summed E-state index contributed by atoms with van der Waals surface area (Å²) in [4.78, 5) is 38.7. The Bertz CT molecular complexity index is 653. The molecule has 1 amide bonds. The minimum atomic E-state index is -4.75. The number of aliphatic imine (C=N–C) groups is 2. The van der Waals surface area contributed by atoms with E-state index in [0.717, 1.165) is 0 Å². The molecular weight excluding hydrogens is 367 g/mol. The second-order valence-corrected chi connectivity index (χ2v) is 6.98. The highest BCUT2D eigenvalue weighted by Gasteiger charge is 2.49. The van der Waals surface area contributed by atoms with Crippen LogP contribution >= 0.6 is 20.5 Å². The summed E-state index contributed by atoms with van der Waals surface area (Å²) in [6.45, 7) is -0.661. The number of amidine groups is 1. The van der Waals surface area contributed by atoms with Gasteiger partial charge >= 0.3 is 7.82 Å². The molecule has 3 aliphatic heterocycles. The summed E-state index contributed by atoms with van der Waals surface area (Å²) in [5.41, 5.74) is -0.732. The van der Waals surface area contributed by atoms with Crippen molar-refractivity contribution >= 4 is 37.9 Å². The lowest BCUT2D eigenvalue weighted by molar-refractivity contribution is -0.114. The number of carbonyl (C=O) groups excluding carboxylic acids is 1. The normalized spacial score (nSPS) is 36.3. The largest absolute Gasteiger partial charge is 0.469 e. The molecule has 3 heterocycles. The molecule has 24 heavy (non-hydrogen) atoms. The lowest BCUT2D eigenvalue weighted by Gasteiger charge is -2.29. The molecule has 0 spiro atoms. The van der Waals surface area contributed by atoms with Crippen LogP contribution in [0.5, 0.6) is 0 Å². The number of aliphatic hydroxyl groups is 2. The molecule has 0 bridgehead atoms. The minimum Gasteiger partial charge on any atom is -0.387 e. The van der Waals surface area contributed by atoms with Gasteiger partial charge < -0.3 is 35.0 Å². The van der Waals surface area contributed by atoms with Gasteiger partial charge in [-0.2, -0.15) is 0 Å². The molecule has 14 heteroatoms. The zero-order valence-corrected chi connectivity index (χ0v) is 13.7. The lowest BCUT2D eigenvalue weighted by atomic mass is 10.1. The van der Waals surface area contributed by atoms with Crippen LogP contribution in [-0.4, -0.2) is 85.7 Å². The van der Waals surface area contributed by atoms with Crippen molar-refractivity contribution in [3.8, 4) is 0 Å². The van der Waals surface area contributed by atoms with Gasteiger partial charge in [0.05, 0.1) is 6.61 Å². The number of thiol groups is 1. The fraction of sp³-hybridized carbons (Fsp3) is 0.700. The first-order valence-corrected chi connectivity index (χ1v) is 8.82. The Balaban J connectivity index is 1.74. The van der Waals surface area contributed by atoms with Crippen LogP contribution < -0.4 is 5.32 Å². The molecular formula is C10H15N4O8PS. The van der Waals surface area contributed by atoms with E-state index < -0.39 is 50.4 Å². The van der Waals surface area contributed by atoms with Gasteiger partial charge in [0.1, 0.15) is 25.0 Å². The van der Waals surface area contributed by atoms with Crippen LogP contribution in [0.3, 0.4) is 0 Å². The number of hydrogen-bond donors (Lipinski definition) is 6. The van der Waals surface area contributed by atoms with Gasteiger partial charge in [-0.3, -0.25) is 14.3 Å². The fourth-order valence-electron chi connectivity index (χ4n) is 2.56. The number of carbonyl (C=O) groups is 1. The average Bonchev–Trinajstić information content (AvgIpc) is 3.00. The van der Waals surface area contributed by atoms with Crippen LogP contribution in [0.4, 0.5) is 0 Å². The number of phosphoric acid groups is 1. The quantitative estimate of drug-likeness (QED) is 0.219. The second-order valence-electron chi connectivity index (χ2n) is 5.25. The van der Waals surface area contributed by atoms with Crippen molar-refractivity contribution in [3.63, 3.8) is 0 Å². The van der Waals surface area contributed by atoms with Crippen LogP contribution in [0.1, 0.15) is 0 Å². The highest BCUT2D eigenvalue weighted by molar-refractivity contribution is 7.80. The molecule has 0 saturated carbocycles. The molecule has 0 radical (unpaired) electrons. The van der Waals surface area contributed by atoms with Gasteiger partial charge in [-0.15, -0.1) is 12.6 Å². The van der Waals surface area contributed by atoms with Gasteiger partial charge in [0.2, 0.25) is 0 Å². The zero-order valence-electron chi connectivity index (χ0n) is 12.0. The number of fused-ring (bicyclic) bond motifs is 1. The monoisotopic (exact) mass is 382 g/mol. The molecule has 0 aromatic carbocycles. The van der Waals surface area contributed by atoms with E-state index in [4.69, 9.17) is 14.5 Å². The summed E-state index contributed by atoms with van der Waals surface area (Å²) in [5, 5.41) is 22.6. The highest BCUT2D eigenvalue weighted by atomic mass is 32.1. The average molecular weight is 382 g/mol. The maximum Gasteiger partial charge on any atom is 0.469 e. The van der Waals surface area contributed by atoms with Crippen LogP contribution in [0.15, 0.2) is 9.98 Å². The zero-order chi connectivity index (χ0) is 17.6. The van der Waals surface area contributed by atoms with Crippen molar-refractivity contribution in [3.05, 3.63) is 0 Å². The predicted octanol–water partition coefficient (Wildman–Crippen LogP) is -3.00. The van der Waals surface area contributed by atoms with Crippen molar-refractivity contribution in [1.29, 1.82) is 0 Å². The summed E-state index contributed by atoms with van der Waals surface area (Å²) in [7, 11) is -4.75. The number of rotatable bonds is 4. The van der Waals surface area contributed by atoms with Crippen molar-refractivity contribution in [2.75, 3.05) is 13.3 Å². The third-order valence-electron chi connectivity index (χ3n) is 3.64. The molecule has 0 aliphatic carbocycles. The van der Waals surface area contributed by atoms with E-state index in [1.807, 2.05) is 0 Å². The van der Waals surface area contributed by atoms with Gasteiger partial charge in [0.25, 0.3) is 5.91 Å². The maximum absolute atomic E-state index is 11.8. The lowest BCUT2D eigenvalue weighted by Crippen LogP contribution is -2.52. The SMILES string of the molecule is O=C1NC(S)N=C2C1=NCN2[C@@H]1O[C@H](COP(=O)(O)O)[C@@H](O)[C@H]1O. The summed E-state index contributed by atoms with van der Waals surface area (Å²) < 4.78 is 20.5. The first kappa shape index (κ1) is 17.8. The molecule has 5 atom stereocenters. The molecule has 1 fully saturated rings. The van der Waals surface area contributed by atoms with E-state index in [1.165, 1.54) is 4.90 Å². The molecule has 1 saturated heterocycles. The van der Waals surface area contributed by atoms with E-state index in [1.54, 1.807) is 0 Å². The van der Waals surface area contributed by atoms with Gasteiger partial charge in [0, 0.05) is 0 Å². The van der Waals surface area contributed by atoms with E-state index in [2.05, 4.69) is 32.5 Å². The van der Waals surface area contributed by atoms with Gasteiger partial charge in [-0.1, -0.05) is 0 Å². The van der Waals surface area contributed by atoms with Gasteiger partial charge in [-0.25, -0.2) is 9.56 Å². The Morgan fingerprint density at radius 2 is 2.12 bits per heavy atom. The summed E-state index contributed by atoms with van der Waals surface area (Å²) >= 11 is 4.05. The van der Waals surface area contributed by atoms with E-state index >= 15 is 0 Å². The van der Waals surface area contributed by atoms with E-state index in [-0.39, 0.29) is 18.2 Å². The fourth-order valence-corrected chi connectivity index (χ4v) is 3.13. The predicted molar refractivity (Wildman–Crippen MR) is 81.2 cm³/mol. The number of nitrogens with zero attached hydrogens (tertiary/aromatic N) is 3. The standard InChI is InChI=1S/C10H15N4O8PS/c15-5-3(1-21-23(18,19)20)22-9(6(5)16)14-2-11-4-7(14)12-10(24)13-8(4)17/h3,5-6,9-10,15-16,24H,1-2H2,(H,13,17)(H2,18,19,20)/t3-,5-,6-,9-,10?/m1/s1. The molecule has 3 aliphatic rings. The van der Waals surface area contributed by atoms with Gasteiger partial charge in [-0.05, 0) is 0 Å². The molecule has 0 aromatic heterocycles. The van der Waals surface area contributed by atoms with Crippen molar-refractivity contribution in [2.45, 2.75) is 30.0 Å². The van der Waals surface area contributed by atoms with Crippen LogP contribution in [0.2, 0.25) is 0 Å². The number of phosphoric ester groups is 1. The third-order valence-corrected chi connectivity index (χ3v) is 4.37. The van der Waals surface area contributed by atoms with E-state index in [0.29, 0.717) is 0 Å². The molecule has 3 rings (SSSR count). The molecule has 0 aromatic rings. The van der Waals surface area contributed by atoms with Gasteiger partial charge in [0.15, 0.2) is 23.3 Å². The van der Waals surface area contributed by atoms with E-state index in [9.17, 15) is 19.6 Å². The Labute approximate surface area is 140 Å². The number of ether oxygens (including phenoxy) is 1. The summed E-state index contributed by atoms with van der Waals surface area (Å²) in [6, 6.07) is 0. The number of hydrogen-bond acceptors (Lipinski definition) is 10. The van der Waals surface area contributed by atoms with Crippen molar-refractivity contribution < 1.29 is 38.6 Å². The Morgan fingerprint density at radius 3 is 2.79 bits per heavy atom. The molecule has 134 valence electrons. The molecule has 1 unspecified atom stereocenters. The Kier molecular flexibility index (Phi) is 4.70. The minimum absolute atomic E-state index is 0.0391. The molecule has 12 nitrogen and oxygen atoms in total. The molecule has 5 N–H and O–H groups in total. The smallest absolute Gasteiger partial charge is 0.387 e. The van der Waals surface area contributed by atoms with Crippen molar-refractivity contribution in [2.24, 2.45) is 9.98 Å². The van der Waals surface area contributed by atoms with Crippen molar-refractivity contribution in [1.82, 2.24) is 10.2 Å². The maximum atomic E-state index is 11.8. The van der Waals surface area contributed by atoms with Crippen LogP contribution in [0.25, 0.3) is 0 Å². The van der Waals surface area contributed by atoms with Crippen LogP contribution in [-0.2, 0) is 18.6 Å². The number of amides is 1.